The molecule has 31 heavy (non-hydrogen) atoms. The van der Waals surface area contributed by atoms with Crippen LogP contribution in [0, 0.1) is 0 Å². The molecule has 0 radical (unpaired) electrons. The van der Waals surface area contributed by atoms with Crippen LogP contribution in [0.1, 0.15) is 43.6 Å². The van der Waals surface area contributed by atoms with Crippen LogP contribution in [0.2, 0.25) is 0 Å². The molecule has 0 aliphatic rings. The average Bonchev–Trinajstić information content (AvgIpc) is 3.17. The Morgan fingerprint density at radius 1 is 0.935 bits per heavy atom. The SMILES string of the molecule is CCOc1ccc(-n2nc3ccc(NC(=O)c4ccc(C(C)(C)C)cc4)cc3n2)cc1. The number of nitrogens with one attached hydrogen (secondary N) is 1. The summed E-state index contributed by atoms with van der Waals surface area (Å²) in [5, 5.41) is 12.0. The van der Waals surface area contributed by atoms with Crippen LogP contribution in [0.4, 0.5) is 5.69 Å². The topological polar surface area (TPSA) is 69.0 Å². The first-order chi connectivity index (χ1) is 14.8. The first kappa shape index (κ1) is 20.6. The summed E-state index contributed by atoms with van der Waals surface area (Å²) in [5.74, 6) is 0.655. The van der Waals surface area contributed by atoms with Crippen molar-refractivity contribution in [3.05, 3.63) is 77.9 Å². The molecule has 3 aromatic carbocycles. The van der Waals surface area contributed by atoms with E-state index in [9.17, 15) is 4.79 Å². The van der Waals surface area contributed by atoms with Crippen molar-refractivity contribution in [1.29, 1.82) is 0 Å². The number of anilines is 1. The summed E-state index contributed by atoms with van der Waals surface area (Å²) < 4.78 is 5.48. The number of ether oxygens (including phenoxy) is 1. The van der Waals surface area contributed by atoms with Gasteiger partial charge < -0.3 is 10.1 Å². The van der Waals surface area contributed by atoms with E-state index in [1.807, 2.05) is 73.7 Å². The molecular weight excluding hydrogens is 388 g/mol. The van der Waals surface area contributed by atoms with Crippen LogP contribution in [0.3, 0.4) is 0 Å². The van der Waals surface area contributed by atoms with Crippen molar-refractivity contribution in [1.82, 2.24) is 15.0 Å². The molecule has 1 heterocycles. The Balaban J connectivity index is 1.52. The van der Waals surface area contributed by atoms with E-state index >= 15 is 0 Å². The van der Waals surface area contributed by atoms with Crippen LogP contribution in [-0.4, -0.2) is 27.5 Å². The van der Waals surface area contributed by atoms with Gasteiger partial charge in [0, 0.05) is 11.3 Å². The number of hydrogen-bond donors (Lipinski definition) is 1. The first-order valence-electron chi connectivity index (χ1n) is 10.4. The maximum absolute atomic E-state index is 12.7. The Morgan fingerprint density at radius 2 is 1.61 bits per heavy atom. The summed E-state index contributed by atoms with van der Waals surface area (Å²) in [6.45, 7) is 9.03. The largest absolute Gasteiger partial charge is 0.494 e. The van der Waals surface area contributed by atoms with Crippen molar-refractivity contribution in [3.8, 4) is 11.4 Å². The summed E-state index contributed by atoms with van der Waals surface area (Å²) in [6.07, 6.45) is 0. The standard InChI is InChI=1S/C25H26N4O2/c1-5-31-21-13-11-20(12-14-21)29-27-22-15-10-19(16-23(22)28-29)26-24(30)17-6-8-18(9-7-17)25(2,3)4/h6-16H,5H2,1-4H3,(H,26,30). The number of aromatic nitrogens is 3. The number of hydrogen-bond acceptors (Lipinski definition) is 4. The molecule has 0 saturated carbocycles. The first-order valence-corrected chi connectivity index (χ1v) is 10.4. The predicted molar refractivity (Wildman–Crippen MR) is 123 cm³/mol. The van der Waals surface area contributed by atoms with Gasteiger partial charge in [-0.05, 0) is 72.5 Å². The minimum Gasteiger partial charge on any atom is -0.494 e. The molecule has 6 nitrogen and oxygen atoms in total. The minimum atomic E-state index is -0.154. The van der Waals surface area contributed by atoms with Gasteiger partial charge in [-0.3, -0.25) is 4.79 Å². The lowest BCUT2D eigenvalue weighted by molar-refractivity contribution is 0.102. The minimum absolute atomic E-state index is 0.0508. The highest BCUT2D eigenvalue weighted by molar-refractivity contribution is 6.05. The van der Waals surface area contributed by atoms with Gasteiger partial charge in [0.15, 0.2) is 0 Å². The van der Waals surface area contributed by atoms with Crippen molar-refractivity contribution in [3.63, 3.8) is 0 Å². The van der Waals surface area contributed by atoms with E-state index in [-0.39, 0.29) is 11.3 Å². The van der Waals surface area contributed by atoms with Crippen molar-refractivity contribution < 1.29 is 9.53 Å². The third-order valence-corrected chi connectivity index (χ3v) is 5.03. The van der Waals surface area contributed by atoms with E-state index in [1.54, 1.807) is 4.80 Å². The fourth-order valence-electron chi connectivity index (χ4n) is 3.28. The molecule has 0 aliphatic carbocycles. The van der Waals surface area contributed by atoms with Gasteiger partial charge in [0.1, 0.15) is 16.8 Å². The number of fused-ring (bicyclic) bond motifs is 1. The van der Waals surface area contributed by atoms with Crippen LogP contribution in [-0.2, 0) is 5.41 Å². The third-order valence-electron chi connectivity index (χ3n) is 5.03. The third kappa shape index (κ3) is 4.58. The molecule has 158 valence electrons. The van der Waals surface area contributed by atoms with E-state index in [1.165, 1.54) is 5.56 Å². The second-order valence-corrected chi connectivity index (χ2v) is 8.40. The van der Waals surface area contributed by atoms with Crippen LogP contribution in [0.25, 0.3) is 16.7 Å². The maximum Gasteiger partial charge on any atom is 0.255 e. The van der Waals surface area contributed by atoms with Gasteiger partial charge in [0.25, 0.3) is 5.91 Å². The van der Waals surface area contributed by atoms with Gasteiger partial charge in [-0.25, -0.2) is 0 Å². The van der Waals surface area contributed by atoms with E-state index in [0.717, 1.165) is 17.0 Å². The van der Waals surface area contributed by atoms with Gasteiger partial charge in [0.05, 0.1) is 12.3 Å². The molecule has 0 saturated heterocycles. The molecular formula is C25H26N4O2. The number of benzene rings is 3. The molecule has 0 aliphatic heterocycles. The summed E-state index contributed by atoms with van der Waals surface area (Å²) in [4.78, 5) is 14.2. The highest BCUT2D eigenvalue weighted by atomic mass is 16.5. The fourth-order valence-corrected chi connectivity index (χ4v) is 3.28. The van der Waals surface area contributed by atoms with Gasteiger partial charge in [-0.2, -0.15) is 4.80 Å². The molecule has 1 aromatic heterocycles. The van der Waals surface area contributed by atoms with Crippen LogP contribution >= 0.6 is 0 Å². The predicted octanol–water partition coefficient (Wildman–Crippen LogP) is 5.37. The monoisotopic (exact) mass is 414 g/mol. The van der Waals surface area contributed by atoms with Crippen LogP contribution in [0.5, 0.6) is 5.75 Å². The highest BCUT2D eigenvalue weighted by Crippen LogP contribution is 2.23. The summed E-state index contributed by atoms with van der Waals surface area (Å²) in [7, 11) is 0. The van der Waals surface area contributed by atoms with Gasteiger partial charge in [-0.1, -0.05) is 32.9 Å². The fraction of sp³-hybridized carbons (Fsp3) is 0.240. The zero-order valence-corrected chi connectivity index (χ0v) is 18.2. The highest BCUT2D eigenvalue weighted by Gasteiger charge is 2.15. The van der Waals surface area contributed by atoms with E-state index in [4.69, 9.17) is 4.74 Å². The Labute approximate surface area is 181 Å². The Hall–Kier alpha value is -3.67. The second kappa shape index (κ2) is 8.22. The lowest BCUT2D eigenvalue weighted by Crippen LogP contribution is -2.14. The molecule has 0 atom stereocenters. The molecule has 1 N–H and O–H groups in total. The van der Waals surface area contributed by atoms with Crippen LogP contribution in [0.15, 0.2) is 66.7 Å². The molecule has 4 rings (SSSR count). The number of amides is 1. The zero-order valence-electron chi connectivity index (χ0n) is 18.2. The molecule has 4 aromatic rings. The molecule has 0 fully saturated rings. The van der Waals surface area contributed by atoms with E-state index in [2.05, 4.69) is 36.3 Å². The van der Waals surface area contributed by atoms with E-state index in [0.29, 0.717) is 23.4 Å². The quantitative estimate of drug-likeness (QED) is 0.477. The Bertz CT molecular complexity index is 1200. The molecule has 0 unspecified atom stereocenters. The lowest BCUT2D eigenvalue weighted by Gasteiger charge is -2.19. The maximum atomic E-state index is 12.7. The second-order valence-electron chi connectivity index (χ2n) is 8.40. The summed E-state index contributed by atoms with van der Waals surface area (Å²) in [6, 6.07) is 20.8. The summed E-state index contributed by atoms with van der Waals surface area (Å²) >= 11 is 0. The zero-order chi connectivity index (χ0) is 22.0. The Kier molecular flexibility index (Phi) is 5.46. The van der Waals surface area contributed by atoms with Crippen molar-refractivity contribution >= 4 is 22.6 Å². The number of nitrogens with zero attached hydrogens (tertiary/aromatic N) is 3. The lowest BCUT2D eigenvalue weighted by atomic mass is 9.87. The molecule has 6 heteroatoms. The average molecular weight is 415 g/mol. The molecule has 0 bridgehead atoms. The smallest absolute Gasteiger partial charge is 0.255 e. The van der Waals surface area contributed by atoms with Crippen LogP contribution < -0.4 is 10.1 Å². The Morgan fingerprint density at radius 3 is 2.26 bits per heavy atom. The number of rotatable bonds is 5. The summed E-state index contributed by atoms with van der Waals surface area (Å²) in [5.41, 5.74) is 4.83. The van der Waals surface area contributed by atoms with Crippen molar-refractivity contribution in [2.75, 3.05) is 11.9 Å². The van der Waals surface area contributed by atoms with Crippen molar-refractivity contribution in [2.24, 2.45) is 0 Å². The molecule has 1 amide bonds. The van der Waals surface area contributed by atoms with Gasteiger partial charge >= 0.3 is 0 Å². The van der Waals surface area contributed by atoms with Crippen molar-refractivity contribution in [2.45, 2.75) is 33.1 Å². The van der Waals surface area contributed by atoms with Gasteiger partial charge in [0.2, 0.25) is 0 Å². The normalized spacial score (nSPS) is 11.5. The number of carbonyl (C=O) groups is 1. The molecule has 0 spiro atoms. The van der Waals surface area contributed by atoms with E-state index < -0.39 is 0 Å². The number of carbonyl (C=O) groups excluding carboxylic acids is 1. The van der Waals surface area contributed by atoms with Gasteiger partial charge in [-0.15, -0.1) is 10.2 Å².